The molecule has 25 heavy (non-hydrogen) atoms. The number of pyridine rings is 1. The lowest BCUT2D eigenvalue weighted by Gasteiger charge is -2.27. The highest BCUT2D eigenvalue weighted by atomic mass is 16.2. The third-order valence-corrected chi connectivity index (χ3v) is 5.89. The minimum absolute atomic E-state index is 0.0852. The molecule has 0 N–H and O–H groups in total. The fourth-order valence-corrected chi connectivity index (χ4v) is 4.51. The molecule has 3 rings (SSSR count). The van der Waals surface area contributed by atoms with Crippen molar-refractivity contribution < 1.29 is 4.79 Å². The van der Waals surface area contributed by atoms with Crippen LogP contribution < -0.4 is 5.56 Å². The fourth-order valence-electron chi connectivity index (χ4n) is 4.51. The van der Waals surface area contributed by atoms with E-state index in [-0.39, 0.29) is 11.5 Å². The molecule has 1 aliphatic carbocycles. The topological polar surface area (TPSA) is 45.6 Å². The van der Waals surface area contributed by atoms with Crippen molar-refractivity contribution in [1.82, 2.24) is 14.4 Å². The molecule has 0 atom stereocenters. The number of amides is 1. The SMILES string of the molecule is CCn1c(C)cc(C)c(C(=O)N2CCCN(C3CCCC3)CC2)c1=O. The molecule has 1 aromatic heterocycles. The van der Waals surface area contributed by atoms with Gasteiger partial charge in [-0.3, -0.25) is 14.5 Å². The molecular formula is C20H31N3O2. The molecule has 5 heteroatoms. The van der Waals surface area contributed by atoms with Gasteiger partial charge in [0.1, 0.15) is 5.56 Å². The molecular weight excluding hydrogens is 314 g/mol. The molecule has 1 amide bonds. The number of rotatable bonds is 3. The van der Waals surface area contributed by atoms with Crippen LogP contribution in [-0.2, 0) is 6.54 Å². The minimum Gasteiger partial charge on any atom is -0.337 e. The highest BCUT2D eigenvalue weighted by Crippen LogP contribution is 2.24. The van der Waals surface area contributed by atoms with E-state index < -0.39 is 0 Å². The normalized spacial score (nSPS) is 20.0. The Morgan fingerprint density at radius 2 is 1.80 bits per heavy atom. The van der Waals surface area contributed by atoms with E-state index in [4.69, 9.17) is 0 Å². The van der Waals surface area contributed by atoms with Gasteiger partial charge in [-0.2, -0.15) is 0 Å². The molecule has 1 saturated carbocycles. The summed E-state index contributed by atoms with van der Waals surface area (Å²) in [5.41, 5.74) is 1.95. The van der Waals surface area contributed by atoms with Crippen molar-refractivity contribution in [1.29, 1.82) is 0 Å². The van der Waals surface area contributed by atoms with Crippen LogP contribution in [0, 0.1) is 13.8 Å². The zero-order valence-corrected chi connectivity index (χ0v) is 15.9. The first kappa shape index (κ1) is 18.2. The van der Waals surface area contributed by atoms with Crippen molar-refractivity contribution in [2.45, 2.75) is 65.5 Å². The fraction of sp³-hybridized carbons (Fsp3) is 0.700. The Labute approximate surface area is 150 Å². The molecule has 2 fully saturated rings. The first-order valence-corrected chi connectivity index (χ1v) is 9.77. The highest BCUT2D eigenvalue weighted by Gasteiger charge is 2.28. The Morgan fingerprint density at radius 3 is 2.48 bits per heavy atom. The summed E-state index contributed by atoms with van der Waals surface area (Å²) in [7, 11) is 0. The average Bonchev–Trinajstić information content (AvgIpc) is 2.99. The van der Waals surface area contributed by atoms with Gasteiger partial charge in [0.2, 0.25) is 0 Å². The van der Waals surface area contributed by atoms with Crippen LogP contribution in [-0.4, -0.2) is 52.5 Å². The van der Waals surface area contributed by atoms with E-state index in [1.54, 1.807) is 4.57 Å². The molecule has 0 bridgehead atoms. The maximum absolute atomic E-state index is 13.1. The summed E-state index contributed by atoms with van der Waals surface area (Å²) in [4.78, 5) is 30.3. The molecule has 2 aliphatic rings. The van der Waals surface area contributed by atoms with Crippen LogP contribution >= 0.6 is 0 Å². The number of hydrogen-bond acceptors (Lipinski definition) is 3. The second-order valence-corrected chi connectivity index (χ2v) is 7.51. The van der Waals surface area contributed by atoms with E-state index in [0.717, 1.165) is 43.9 Å². The Bertz CT molecular complexity index is 689. The summed E-state index contributed by atoms with van der Waals surface area (Å²) in [6, 6.07) is 2.66. The monoisotopic (exact) mass is 345 g/mol. The summed E-state index contributed by atoms with van der Waals surface area (Å²) < 4.78 is 1.70. The summed E-state index contributed by atoms with van der Waals surface area (Å²) in [6.45, 7) is 9.84. The van der Waals surface area contributed by atoms with E-state index in [0.29, 0.717) is 18.2 Å². The smallest absolute Gasteiger partial charge is 0.263 e. The van der Waals surface area contributed by atoms with Gasteiger partial charge in [-0.05, 0) is 51.7 Å². The van der Waals surface area contributed by atoms with E-state index >= 15 is 0 Å². The third-order valence-electron chi connectivity index (χ3n) is 5.89. The van der Waals surface area contributed by atoms with Crippen LogP contribution in [0.1, 0.15) is 60.6 Å². The van der Waals surface area contributed by atoms with Crippen LogP contribution in [0.25, 0.3) is 0 Å². The van der Waals surface area contributed by atoms with Gasteiger partial charge < -0.3 is 9.47 Å². The predicted molar refractivity (Wildman–Crippen MR) is 100 cm³/mol. The first-order valence-electron chi connectivity index (χ1n) is 9.77. The summed E-state index contributed by atoms with van der Waals surface area (Å²) >= 11 is 0. The Hall–Kier alpha value is -1.62. The number of hydrogen-bond donors (Lipinski definition) is 0. The summed E-state index contributed by atoms with van der Waals surface area (Å²) in [5.74, 6) is -0.0852. The van der Waals surface area contributed by atoms with E-state index in [1.807, 2.05) is 31.7 Å². The van der Waals surface area contributed by atoms with Gasteiger partial charge >= 0.3 is 0 Å². The van der Waals surface area contributed by atoms with Gasteiger partial charge in [0.15, 0.2) is 0 Å². The zero-order valence-electron chi connectivity index (χ0n) is 15.9. The molecule has 5 nitrogen and oxygen atoms in total. The van der Waals surface area contributed by atoms with E-state index in [9.17, 15) is 9.59 Å². The number of nitrogens with zero attached hydrogens (tertiary/aromatic N) is 3. The van der Waals surface area contributed by atoms with Crippen molar-refractivity contribution in [2.24, 2.45) is 0 Å². The molecule has 0 unspecified atom stereocenters. The van der Waals surface area contributed by atoms with Gasteiger partial charge in [-0.1, -0.05) is 12.8 Å². The molecule has 138 valence electrons. The van der Waals surface area contributed by atoms with Crippen molar-refractivity contribution >= 4 is 5.91 Å². The maximum atomic E-state index is 13.1. The molecule has 1 aromatic rings. The van der Waals surface area contributed by atoms with E-state index in [2.05, 4.69) is 4.90 Å². The van der Waals surface area contributed by atoms with Crippen molar-refractivity contribution in [3.05, 3.63) is 33.2 Å². The second-order valence-electron chi connectivity index (χ2n) is 7.51. The molecule has 1 aliphatic heterocycles. The van der Waals surface area contributed by atoms with Crippen LogP contribution in [0.3, 0.4) is 0 Å². The van der Waals surface area contributed by atoms with Gasteiger partial charge in [0, 0.05) is 44.5 Å². The van der Waals surface area contributed by atoms with Gasteiger partial charge in [-0.15, -0.1) is 0 Å². The molecule has 2 heterocycles. The Kier molecular flexibility index (Phi) is 5.62. The van der Waals surface area contributed by atoms with Crippen LogP contribution in [0.2, 0.25) is 0 Å². The zero-order chi connectivity index (χ0) is 18.0. The Morgan fingerprint density at radius 1 is 1.08 bits per heavy atom. The van der Waals surface area contributed by atoms with Crippen molar-refractivity contribution in [3.63, 3.8) is 0 Å². The third kappa shape index (κ3) is 3.66. The summed E-state index contributed by atoms with van der Waals surface area (Å²) in [6.07, 6.45) is 6.26. The lowest BCUT2D eigenvalue weighted by molar-refractivity contribution is 0.0755. The minimum atomic E-state index is -0.137. The lowest BCUT2D eigenvalue weighted by Crippen LogP contribution is -2.41. The number of aromatic nitrogens is 1. The predicted octanol–water partition coefficient (Wildman–Crippen LogP) is 2.58. The van der Waals surface area contributed by atoms with Gasteiger partial charge in [0.05, 0.1) is 0 Å². The molecule has 1 saturated heterocycles. The first-order chi connectivity index (χ1) is 12.0. The van der Waals surface area contributed by atoms with Gasteiger partial charge in [0.25, 0.3) is 11.5 Å². The molecule has 0 radical (unpaired) electrons. The largest absolute Gasteiger partial charge is 0.337 e. The standard InChI is InChI=1S/C20H31N3O2/c1-4-23-16(3)14-15(2)18(20(23)25)19(24)22-11-7-10-21(12-13-22)17-8-5-6-9-17/h14,17H,4-13H2,1-3H3. The van der Waals surface area contributed by atoms with E-state index in [1.165, 1.54) is 25.7 Å². The maximum Gasteiger partial charge on any atom is 0.263 e. The number of aryl methyl sites for hydroxylation is 2. The van der Waals surface area contributed by atoms with Crippen LogP contribution in [0.15, 0.2) is 10.9 Å². The quantitative estimate of drug-likeness (QED) is 0.846. The molecule has 0 spiro atoms. The van der Waals surface area contributed by atoms with Gasteiger partial charge in [-0.25, -0.2) is 0 Å². The number of carbonyl (C=O) groups is 1. The van der Waals surface area contributed by atoms with Crippen molar-refractivity contribution in [2.75, 3.05) is 26.2 Å². The van der Waals surface area contributed by atoms with Crippen molar-refractivity contribution in [3.8, 4) is 0 Å². The van der Waals surface area contributed by atoms with Crippen LogP contribution in [0.4, 0.5) is 0 Å². The summed E-state index contributed by atoms with van der Waals surface area (Å²) in [5, 5.41) is 0. The molecule has 0 aromatic carbocycles. The highest BCUT2D eigenvalue weighted by molar-refractivity contribution is 5.95. The lowest BCUT2D eigenvalue weighted by atomic mass is 10.1. The Balaban J connectivity index is 1.78. The second kappa shape index (κ2) is 7.73. The number of carbonyl (C=O) groups excluding carboxylic acids is 1. The average molecular weight is 345 g/mol. The van der Waals surface area contributed by atoms with Crippen LogP contribution in [0.5, 0.6) is 0 Å².